The predicted molar refractivity (Wildman–Crippen MR) is 55.8 cm³/mol. The van der Waals surface area contributed by atoms with Gasteiger partial charge >= 0.3 is 12.5 Å². The lowest BCUT2D eigenvalue weighted by atomic mass is 10.0. The highest BCUT2D eigenvalue weighted by Gasteiger charge is 2.37. The molecule has 0 radical (unpaired) electrons. The number of benzene rings is 1. The summed E-state index contributed by atoms with van der Waals surface area (Å²) in [6, 6.07) is 4.58. The monoisotopic (exact) mass is 296 g/mol. The molecule has 2 aromatic rings. The van der Waals surface area contributed by atoms with Gasteiger partial charge in [0.25, 0.3) is 0 Å². The number of ether oxygens (including phenoxy) is 1. The fourth-order valence-corrected chi connectivity index (χ4v) is 1.60. The number of furan rings is 1. The summed E-state index contributed by atoms with van der Waals surface area (Å²) in [5, 5.41) is 0. The molecule has 0 N–H and O–H groups in total. The SMILES string of the molecule is FC(F)(F)Oc1ccc(-c2ccco2)c(C(F)(F)F)c1. The van der Waals surface area contributed by atoms with Crippen molar-refractivity contribution in [3.8, 4) is 17.1 Å². The average Bonchev–Trinajstić information content (AvgIpc) is 2.78. The van der Waals surface area contributed by atoms with Crippen LogP contribution in [0.25, 0.3) is 11.3 Å². The molecule has 1 aromatic heterocycles. The smallest absolute Gasteiger partial charge is 0.464 e. The first-order valence-electron chi connectivity index (χ1n) is 5.18. The molecule has 1 aromatic carbocycles. The van der Waals surface area contributed by atoms with Gasteiger partial charge in [0.15, 0.2) is 0 Å². The Morgan fingerprint density at radius 3 is 2.15 bits per heavy atom. The molecular formula is C12H6F6O2. The summed E-state index contributed by atoms with van der Waals surface area (Å²) in [4.78, 5) is 0. The van der Waals surface area contributed by atoms with Crippen molar-refractivity contribution in [3.05, 3.63) is 42.2 Å². The molecule has 0 aliphatic rings. The fraction of sp³-hybridized carbons (Fsp3) is 0.167. The van der Waals surface area contributed by atoms with Gasteiger partial charge in [-0.25, -0.2) is 0 Å². The van der Waals surface area contributed by atoms with Crippen LogP contribution in [0.15, 0.2) is 41.0 Å². The lowest BCUT2D eigenvalue weighted by molar-refractivity contribution is -0.274. The van der Waals surface area contributed by atoms with Gasteiger partial charge in [-0.3, -0.25) is 0 Å². The van der Waals surface area contributed by atoms with Gasteiger partial charge in [-0.15, -0.1) is 13.2 Å². The minimum Gasteiger partial charge on any atom is -0.464 e. The molecule has 0 aliphatic carbocycles. The van der Waals surface area contributed by atoms with E-state index in [0.717, 1.165) is 18.4 Å². The lowest BCUT2D eigenvalue weighted by Gasteiger charge is -2.14. The van der Waals surface area contributed by atoms with Crippen molar-refractivity contribution in [2.24, 2.45) is 0 Å². The van der Waals surface area contributed by atoms with E-state index in [2.05, 4.69) is 4.74 Å². The van der Waals surface area contributed by atoms with Gasteiger partial charge in [-0.2, -0.15) is 13.2 Å². The van der Waals surface area contributed by atoms with Crippen LogP contribution in [0.5, 0.6) is 5.75 Å². The minimum atomic E-state index is -5.06. The van der Waals surface area contributed by atoms with Crippen molar-refractivity contribution >= 4 is 0 Å². The summed E-state index contributed by atoms with van der Waals surface area (Å²) in [6.07, 6.45) is -8.74. The van der Waals surface area contributed by atoms with E-state index >= 15 is 0 Å². The van der Waals surface area contributed by atoms with Crippen LogP contribution in [0, 0.1) is 0 Å². The normalized spacial score (nSPS) is 12.5. The molecule has 8 heteroatoms. The van der Waals surface area contributed by atoms with Gasteiger partial charge in [0.05, 0.1) is 11.8 Å². The molecule has 0 fully saturated rings. The van der Waals surface area contributed by atoms with Gasteiger partial charge in [-0.1, -0.05) is 0 Å². The largest absolute Gasteiger partial charge is 0.573 e. The summed E-state index contributed by atoms with van der Waals surface area (Å²) in [6.45, 7) is 0. The van der Waals surface area contributed by atoms with Gasteiger partial charge in [-0.05, 0) is 30.3 Å². The zero-order valence-corrected chi connectivity index (χ0v) is 9.55. The molecule has 0 spiro atoms. The van der Waals surface area contributed by atoms with E-state index in [1.807, 2.05) is 0 Å². The maximum absolute atomic E-state index is 12.9. The molecule has 108 valence electrons. The van der Waals surface area contributed by atoms with E-state index in [9.17, 15) is 26.3 Å². The quantitative estimate of drug-likeness (QED) is 0.738. The number of hydrogen-bond donors (Lipinski definition) is 0. The van der Waals surface area contributed by atoms with E-state index in [1.165, 1.54) is 12.1 Å². The maximum atomic E-state index is 12.9. The van der Waals surface area contributed by atoms with Crippen molar-refractivity contribution < 1.29 is 35.5 Å². The van der Waals surface area contributed by atoms with E-state index in [1.54, 1.807) is 0 Å². The molecule has 0 bridgehead atoms. The lowest BCUT2D eigenvalue weighted by Crippen LogP contribution is -2.18. The number of rotatable bonds is 2. The second-order valence-electron chi connectivity index (χ2n) is 3.73. The van der Waals surface area contributed by atoms with Crippen LogP contribution in [-0.4, -0.2) is 6.36 Å². The van der Waals surface area contributed by atoms with Crippen LogP contribution < -0.4 is 4.74 Å². The van der Waals surface area contributed by atoms with Crippen LogP contribution in [0.3, 0.4) is 0 Å². The Morgan fingerprint density at radius 2 is 1.65 bits per heavy atom. The Labute approximate surface area is 108 Å². The number of halogens is 6. The molecule has 0 saturated heterocycles. The number of alkyl halides is 6. The molecule has 2 nitrogen and oxygen atoms in total. The summed E-state index contributed by atoms with van der Waals surface area (Å²) in [7, 11) is 0. The Hall–Kier alpha value is -2.12. The highest BCUT2D eigenvalue weighted by molar-refractivity contribution is 5.64. The first-order chi connectivity index (χ1) is 9.17. The molecule has 0 saturated carbocycles. The van der Waals surface area contributed by atoms with Gasteiger partial charge < -0.3 is 9.15 Å². The van der Waals surface area contributed by atoms with Crippen molar-refractivity contribution in [2.75, 3.05) is 0 Å². The fourth-order valence-electron chi connectivity index (χ4n) is 1.60. The standard InChI is InChI=1S/C12H6F6O2/c13-11(14,15)9-6-7(20-12(16,17)18)3-4-8(9)10-2-1-5-19-10/h1-6H. The molecule has 0 aliphatic heterocycles. The summed E-state index contributed by atoms with van der Waals surface area (Å²) >= 11 is 0. The second kappa shape index (κ2) is 4.77. The average molecular weight is 296 g/mol. The highest BCUT2D eigenvalue weighted by Crippen LogP contribution is 2.40. The Bertz CT molecular complexity index is 583. The van der Waals surface area contributed by atoms with E-state index in [0.29, 0.717) is 0 Å². The van der Waals surface area contributed by atoms with Gasteiger partial charge in [0.1, 0.15) is 11.5 Å². The van der Waals surface area contributed by atoms with Gasteiger partial charge in [0, 0.05) is 5.56 Å². The Balaban J connectivity index is 2.50. The zero-order valence-electron chi connectivity index (χ0n) is 9.55. The molecule has 1 heterocycles. The highest BCUT2D eigenvalue weighted by atomic mass is 19.4. The van der Waals surface area contributed by atoms with Crippen LogP contribution in [0.2, 0.25) is 0 Å². The molecular weight excluding hydrogens is 290 g/mol. The first-order valence-corrected chi connectivity index (χ1v) is 5.18. The van der Waals surface area contributed by atoms with E-state index in [-0.39, 0.29) is 17.4 Å². The summed E-state index contributed by atoms with van der Waals surface area (Å²) in [5.41, 5.74) is -1.63. The van der Waals surface area contributed by atoms with Crippen LogP contribution in [0.4, 0.5) is 26.3 Å². The zero-order chi connectivity index (χ0) is 15.0. The summed E-state index contributed by atoms with van der Waals surface area (Å²) < 4.78 is 83.0. The van der Waals surface area contributed by atoms with Crippen molar-refractivity contribution in [1.82, 2.24) is 0 Å². The molecule has 0 amide bonds. The van der Waals surface area contributed by atoms with Crippen molar-refractivity contribution in [1.29, 1.82) is 0 Å². The third-order valence-corrected chi connectivity index (χ3v) is 2.32. The molecule has 0 unspecified atom stereocenters. The van der Waals surface area contributed by atoms with Crippen LogP contribution in [-0.2, 0) is 6.18 Å². The predicted octanol–water partition coefficient (Wildman–Crippen LogP) is 4.86. The Morgan fingerprint density at radius 1 is 0.950 bits per heavy atom. The van der Waals surface area contributed by atoms with E-state index in [4.69, 9.17) is 4.42 Å². The summed E-state index contributed by atoms with van der Waals surface area (Å²) in [5.74, 6) is -1.05. The Kier molecular flexibility index (Phi) is 3.41. The third-order valence-electron chi connectivity index (χ3n) is 2.32. The first kappa shape index (κ1) is 14.3. The molecule has 0 atom stereocenters. The van der Waals surface area contributed by atoms with Crippen molar-refractivity contribution in [3.63, 3.8) is 0 Å². The van der Waals surface area contributed by atoms with Crippen molar-refractivity contribution in [2.45, 2.75) is 12.5 Å². The van der Waals surface area contributed by atoms with E-state index < -0.39 is 23.9 Å². The molecule has 2 rings (SSSR count). The van der Waals surface area contributed by atoms with Gasteiger partial charge in [0.2, 0.25) is 0 Å². The second-order valence-corrected chi connectivity index (χ2v) is 3.73. The van der Waals surface area contributed by atoms with Crippen LogP contribution >= 0.6 is 0 Å². The minimum absolute atomic E-state index is 0.101. The topological polar surface area (TPSA) is 22.4 Å². The third kappa shape index (κ3) is 3.25. The molecule has 20 heavy (non-hydrogen) atoms. The van der Waals surface area contributed by atoms with Crippen LogP contribution in [0.1, 0.15) is 5.56 Å². The maximum Gasteiger partial charge on any atom is 0.573 e. The number of hydrogen-bond acceptors (Lipinski definition) is 2.